The number of nitrogens with zero attached hydrogens (tertiary/aromatic N) is 4. The third-order valence-corrected chi connectivity index (χ3v) is 13.4. The monoisotopic (exact) mass is 730 g/mol. The summed E-state index contributed by atoms with van der Waals surface area (Å²) >= 11 is 1.95. The Kier molecular flexibility index (Phi) is 8.09. The molecule has 5 heteroatoms. The second kappa shape index (κ2) is 13.6. The van der Waals surface area contributed by atoms with E-state index in [1.165, 1.54) is 84.2 Å². The Hall–Kier alpha value is -5.65. The van der Waals surface area contributed by atoms with Crippen LogP contribution >= 0.6 is 11.3 Å². The van der Waals surface area contributed by atoms with Crippen LogP contribution in [-0.2, 0) is 0 Å². The molecule has 3 heterocycles. The first kappa shape index (κ1) is 32.8. The number of anilines is 1. The summed E-state index contributed by atoms with van der Waals surface area (Å²) in [6, 6.07) is 33.7. The fourth-order valence-electron chi connectivity index (χ4n) is 9.55. The Bertz CT molecular complexity index is 2690. The minimum Gasteiger partial charge on any atom is -0.337 e. The van der Waals surface area contributed by atoms with Crippen LogP contribution in [0.15, 0.2) is 139 Å². The molecule has 1 aliphatic heterocycles. The zero-order valence-corrected chi connectivity index (χ0v) is 31.7. The molecule has 0 bridgehead atoms. The van der Waals surface area contributed by atoms with Crippen molar-refractivity contribution in [1.82, 2.24) is 15.0 Å². The van der Waals surface area contributed by atoms with E-state index in [1.54, 1.807) is 0 Å². The number of aromatic nitrogens is 3. The lowest BCUT2D eigenvalue weighted by Crippen LogP contribution is -2.32. The number of thiophene rings is 1. The first-order chi connectivity index (χ1) is 27.3. The molecular weight excluding hydrogens is 689 g/mol. The second-order valence-corrected chi connectivity index (χ2v) is 16.6. The van der Waals surface area contributed by atoms with E-state index in [1.807, 2.05) is 11.3 Å². The smallest absolute Gasteiger partial charge is 0.164 e. The van der Waals surface area contributed by atoms with Crippen molar-refractivity contribution in [3.63, 3.8) is 0 Å². The lowest BCUT2D eigenvalue weighted by Gasteiger charge is -2.32. The number of rotatable bonds is 6. The summed E-state index contributed by atoms with van der Waals surface area (Å²) < 4.78 is 2.70. The maximum absolute atomic E-state index is 5.35. The maximum atomic E-state index is 5.35. The number of allylic oxidation sites excluding steroid dienone is 11. The van der Waals surface area contributed by atoms with Crippen LogP contribution in [0, 0.1) is 0 Å². The van der Waals surface area contributed by atoms with E-state index < -0.39 is 0 Å². The Labute approximate surface area is 326 Å². The van der Waals surface area contributed by atoms with Crippen molar-refractivity contribution in [1.29, 1.82) is 0 Å². The summed E-state index contributed by atoms with van der Waals surface area (Å²) in [5.74, 6) is 2.71. The van der Waals surface area contributed by atoms with Gasteiger partial charge < -0.3 is 4.90 Å². The third kappa shape index (κ3) is 5.67. The van der Waals surface area contributed by atoms with E-state index in [9.17, 15) is 0 Å². The summed E-state index contributed by atoms with van der Waals surface area (Å²) in [6.45, 7) is 0. The van der Waals surface area contributed by atoms with Crippen molar-refractivity contribution in [3.8, 4) is 11.4 Å². The van der Waals surface area contributed by atoms with Gasteiger partial charge in [0, 0.05) is 54.2 Å². The molecular formula is C50H42N4S. The number of benzene rings is 4. The average molecular weight is 731 g/mol. The van der Waals surface area contributed by atoms with Gasteiger partial charge in [0.05, 0.1) is 6.04 Å². The van der Waals surface area contributed by atoms with Crippen LogP contribution < -0.4 is 4.90 Å². The fraction of sp³-hybridized carbons (Fsp3) is 0.220. The van der Waals surface area contributed by atoms with Gasteiger partial charge in [-0.05, 0) is 110 Å². The standard InChI is InChI=1S/C50H42N4S/c1-5-16-32(17-6-1)35-28-40(43(29-35)50-52-48(33-18-7-2-8-19-33)51-49(53-50)34-20-9-3-10-21-34)38-25-15-26-39-42-30-45-41(31-46(42)55-47(38)39)37-24-13-14-27-44(37)54(45)36-22-11-4-12-23-36/h1-9,11,15-19,22,24-26,29-31,34,44H,10,12-14,20-21,23,27-28H2. The minimum absolute atomic E-state index is 0.282. The van der Waals surface area contributed by atoms with E-state index in [0.717, 1.165) is 67.1 Å². The normalized spacial score (nSPS) is 20.5. The summed E-state index contributed by atoms with van der Waals surface area (Å²) in [4.78, 5) is 18.5. The molecule has 0 saturated heterocycles. The quantitative estimate of drug-likeness (QED) is 0.160. The molecule has 0 amide bonds. The van der Waals surface area contributed by atoms with E-state index in [2.05, 4.69) is 138 Å². The molecule has 0 fully saturated rings. The largest absolute Gasteiger partial charge is 0.337 e. The number of hydrogen-bond donors (Lipinski definition) is 0. The molecule has 11 rings (SSSR count). The lowest BCUT2D eigenvalue weighted by atomic mass is 9.91. The first-order valence-electron chi connectivity index (χ1n) is 20.1. The summed E-state index contributed by atoms with van der Waals surface area (Å²) in [6.07, 6.45) is 26.1. The molecule has 0 saturated carbocycles. The van der Waals surface area contributed by atoms with Crippen LogP contribution in [-0.4, -0.2) is 21.0 Å². The highest BCUT2D eigenvalue weighted by Crippen LogP contribution is 2.52. The van der Waals surface area contributed by atoms with Crippen molar-refractivity contribution in [3.05, 3.63) is 168 Å². The van der Waals surface area contributed by atoms with Crippen LogP contribution in [0.4, 0.5) is 5.69 Å². The van der Waals surface area contributed by atoms with Gasteiger partial charge in [-0.2, -0.15) is 0 Å². The van der Waals surface area contributed by atoms with Crippen molar-refractivity contribution in [2.24, 2.45) is 0 Å². The zero-order valence-electron chi connectivity index (χ0n) is 30.9. The molecule has 5 aliphatic rings. The van der Waals surface area contributed by atoms with Crippen molar-refractivity contribution in [2.75, 3.05) is 4.90 Å². The Morgan fingerprint density at radius 3 is 2.38 bits per heavy atom. The molecule has 4 nitrogen and oxygen atoms in total. The van der Waals surface area contributed by atoms with Gasteiger partial charge in [-0.1, -0.05) is 109 Å². The van der Waals surface area contributed by atoms with Crippen LogP contribution in [0.1, 0.15) is 92.0 Å². The lowest BCUT2D eigenvalue weighted by molar-refractivity contribution is 0.579. The van der Waals surface area contributed by atoms with Gasteiger partial charge >= 0.3 is 0 Å². The van der Waals surface area contributed by atoms with Gasteiger partial charge in [0.15, 0.2) is 11.6 Å². The average Bonchev–Trinajstić information content (AvgIpc) is 3.96. The summed E-state index contributed by atoms with van der Waals surface area (Å²) in [7, 11) is 0. The number of hydrogen-bond acceptors (Lipinski definition) is 5. The molecule has 0 spiro atoms. The van der Waals surface area contributed by atoms with Gasteiger partial charge in [-0.25, -0.2) is 15.0 Å². The number of fused-ring (bicyclic) bond motifs is 6. The molecule has 4 aromatic carbocycles. The van der Waals surface area contributed by atoms with Crippen LogP contribution in [0.2, 0.25) is 0 Å². The predicted molar refractivity (Wildman–Crippen MR) is 231 cm³/mol. The highest BCUT2D eigenvalue weighted by molar-refractivity contribution is 7.26. The minimum atomic E-state index is 0.282. The van der Waals surface area contributed by atoms with E-state index >= 15 is 0 Å². The second-order valence-electron chi connectivity index (χ2n) is 15.5. The van der Waals surface area contributed by atoms with Crippen molar-refractivity contribution >= 4 is 59.5 Å². The summed E-state index contributed by atoms with van der Waals surface area (Å²) in [5.41, 5.74) is 13.0. The van der Waals surface area contributed by atoms with E-state index in [-0.39, 0.29) is 5.92 Å². The first-order valence-corrected chi connectivity index (χ1v) is 20.9. The molecule has 55 heavy (non-hydrogen) atoms. The van der Waals surface area contributed by atoms with Crippen LogP contribution in [0.5, 0.6) is 0 Å². The molecule has 2 atom stereocenters. The highest BCUT2D eigenvalue weighted by Gasteiger charge is 2.37. The van der Waals surface area contributed by atoms with E-state index in [4.69, 9.17) is 15.0 Å². The predicted octanol–water partition coefficient (Wildman–Crippen LogP) is 13.1. The third-order valence-electron chi connectivity index (χ3n) is 12.2. The fourth-order valence-corrected chi connectivity index (χ4v) is 10.8. The van der Waals surface area contributed by atoms with Gasteiger partial charge in [0.25, 0.3) is 0 Å². The van der Waals surface area contributed by atoms with Crippen LogP contribution in [0.25, 0.3) is 53.9 Å². The molecule has 268 valence electrons. The Morgan fingerprint density at radius 2 is 1.56 bits per heavy atom. The Balaban J connectivity index is 1.11. The van der Waals surface area contributed by atoms with Gasteiger partial charge in [0.1, 0.15) is 5.82 Å². The SMILES string of the molecule is C1=CCCC(N2c3cc4c(cc3C3=CCCCC32)sc2c(C3=C(c5nc(-c6ccccc6)nc(C6CC=CCC6)n5)C=C(c5ccccc5)C3)cccc24)=C1. The maximum Gasteiger partial charge on any atom is 0.164 e. The molecule has 2 unspecified atom stereocenters. The van der Waals surface area contributed by atoms with Crippen molar-refractivity contribution < 1.29 is 0 Å². The zero-order chi connectivity index (χ0) is 36.3. The molecule has 2 aromatic heterocycles. The van der Waals surface area contributed by atoms with Crippen LogP contribution in [0.3, 0.4) is 0 Å². The Morgan fingerprint density at radius 1 is 0.709 bits per heavy atom. The van der Waals surface area contributed by atoms with Gasteiger partial charge in [0.2, 0.25) is 0 Å². The van der Waals surface area contributed by atoms with Gasteiger partial charge in [-0.3, -0.25) is 0 Å². The van der Waals surface area contributed by atoms with Gasteiger partial charge in [-0.15, -0.1) is 11.3 Å². The topological polar surface area (TPSA) is 41.9 Å². The molecule has 0 radical (unpaired) electrons. The van der Waals surface area contributed by atoms with E-state index in [0.29, 0.717) is 6.04 Å². The molecule has 0 N–H and O–H groups in total. The highest BCUT2D eigenvalue weighted by atomic mass is 32.1. The summed E-state index contributed by atoms with van der Waals surface area (Å²) in [5, 5.41) is 2.68. The van der Waals surface area contributed by atoms with Crippen molar-refractivity contribution in [2.45, 2.75) is 69.7 Å². The molecule has 4 aliphatic carbocycles. The molecule has 6 aromatic rings.